The van der Waals surface area contributed by atoms with Crippen molar-refractivity contribution < 1.29 is 4.42 Å². The summed E-state index contributed by atoms with van der Waals surface area (Å²) in [6.07, 6.45) is 0. The number of nitrogens with zero attached hydrogens (tertiary/aromatic N) is 1. The van der Waals surface area contributed by atoms with Crippen LogP contribution in [0.2, 0.25) is 0 Å². The molecule has 1 aromatic carbocycles. The Morgan fingerprint density at radius 3 is 3.00 bits per heavy atom. The highest BCUT2D eigenvalue weighted by Crippen LogP contribution is 2.18. The van der Waals surface area contributed by atoms with Crippen LogP contribution in [-0.2, 0) is 6.54 Å². The van der Waals surface area contributed by atoms with Gasteiger partial charge in [0, 0.05) is 10.6 Å². The van der Waals surface area contributed by atoms with Gasteiger partial charge in [-0.1, -0.05) is 6.07 Å². The van der Waals surface area contributed by atoms with Crippen LogP contribution in [0.5, 0.6) is 0 Å². The van der Waals surface area contributed by atoms with Crippen molar-refractivity contribution in [2.75, 3.05) is 5.73 Å². The van der Waals surface area contributed by atoms with Gasteiger partial charge in [-0.2, -0.15) is 0 Å². The topological polar surface area (TPSA) is 61.2 Å². The van der Waals surface area contributed by atoms with E-state index in [0.717, 1.165) is 10.4 Å². The molecule has 17 heavy (non-hydrogen) atoms. The zero-order valence-electron chi connectivity index (χ0n) is 8.92. The SMILES string of the molecule is Nc1ccc2oc(=O)n(Cc3cccs3)c2c1. The number of thiophene rings is 1. The smallest absolute Gasteiger partial charge is 0.408 e. The lowest BCUT2D eigenvalue weighted by molar-refractivity contribution is 0.518. The fourth-order valence-corrected chi connectivity index (χ4v) is 2.48. The lowest BCUT2D eigenvalue weighted by Gasteiger charge is -1.99. The van der Waals surface area contributed by atoms with E-state index in [-0.39, 0.29) is 5.76 Å². The number of nitrogen functional groups attached to an aromatic ring is 1. The van der Waals surface area contributed by atoms with Crippen molar-refractivity contribution >= 4 is 28.1 Å². The summed E-state index contributed by atoms with van der Waals surface area (Å²) in [7, 11) is 0. The van der Waals surface area contributed by atoms with Gasteiger partial charge in [-0.25, -0.2) is 4.79 Å². The highest BCUT2D eigenvalue weighted by molar-refractivity contribution is 7.09. The van der Waals surface area contributed by atoms with Crippen LogP contribution in [0.1, 0.15) is 4.88 Å². The molecule has 0 saturated heterocycles. The molecule has 0 spiro atoms. The molecule has 0 atom stereocenters. The molecular formula is C12H10N2O2S. The molecule has 4 nitrogen and oxygen atoms in total. The summed E-state index contributed by atoms with van der Waals surface area (Å²) < 4.78 is 6.75. The molecule has 2 heterocycles. The predicted molar refractivity (Wildman–Crippen MR) is 68.3 cm³/mol. The summed E-state index contributed by atoms with van der Waals surface area (Å²) in [5.41, 5.74) is 7.65. The molecule has 0 aliphatic heterocycles. The van der Waals surface area contributed by atoms with E-state index in [2.05, 4.69) is 0 Å². The molecule has 3 rings (SSSR count). The minimum absolute atomic E-state index is 0.348. The first-order valence-electron chi connectivity index (χ1n) is 5.15. The maximum absolute atomic E-state index is 11.7. The van der Waals surface area contributed by atoms with Crippen LogP contribution in [0.4, 0.5) is 5.69 Å². The summed E-state index contributed by atoms with van der Waals surface area (Å²) >= 11 is 1.61. The van der Waals surface area contributed by atoms with E-state index in [0.29, 0.717) is 17.8 Å². The molecular weight excluding hydrogens is 236 g/mol. The number of nitrogens with two attached hydrogens (primary N) is 1. The van der Waals surface area contributed by atoms with Gasteiger partial charge >= 0.3 is 5.76 Å². The van der Waals surface area contributed by atoms with Crippen LogP contribution in [0, 0.1) is 0 Å². The third kappa shape index (κ3) is 1.74. The monoisotopic (exact) mass is 246 g/mol. The Morgan fingerprint density at radius 2 is 2.24 bits per heavy atom. The van der Waals surface area contributed by atoms with Crippen molar-refractivity contribution in [1.29, 1.82) is 0 Å². The molecule has 0 amide bonds. The van der Waals surface area contributed by atoms with E-state index in [4.69, 9.17) is 10.2 Å². The quantitative estimate of drug-likeness (QED) is 0.706. The van der Waals surface area contributed by atoms with Crippen LogP contribution in [0.3, 0.4) is 0 Å². The Labute approximate surface area is 101 Å². The molecule has 0 unspecified atom stereocenters. The lowest BCUT2D eigenvalue weighted by Crippen LogP contribution is -2.14. The maximum atomic E-state index is 11.7. The van der Waals surface area contributed by atoms with Gasteiger partial charge in [-0.3, -0.25) is 4.57 Å². The van der Waals surface area contributed by atoms with Crippen molar-refractivity contribution in [2.24, 2.45) is 0 Å². The van der Waals surface area contributed by atoms with Gasteiger partial charge in [0.15, 0.2) is 5.58 Å². The van der Waals surface area contributed by atoms with Gasteiger partial charge < -0.3 is 10.2 Å². The highest BCUT2D eigenvalue weighted by Gasteiger charge is 2.10. The summed E-state index contributed by atoms with van der Waals surface area (Å²) in [6, 6.07) is 9.15. The second-order valence-corrected chi connectivity index (χ2v) is 4.79. The Balaban J connectivity index is 2.17. The number of oxazole rings is 1. The van der Waals surface area contributed by atoms with Crippen LogP contribution < -0.4 is 11.5 Å². The Bertz CT molecular complexity index is 710. The number of fused-ring (bicyclic) bond motifs is 1. The average molecular weight is 246 g/mol. The van der Waals surface area contributed by atoms with Gasteiger partial charge in [0.1, 0.15) is 0 Å². The first-order valence-corrected chi connectivity index (χ1v) is 6.03. The number of rotatable bonds is 2. The number of anilines is 1. The van der Waals surface area contributed by atoms with Gasteiger partial charge in [-0.15, -0.1) is 11.3 Å². The van der Waals surface area contributed by atoms with E-state index in [9.17, 15) is 4.79 Å². The Hall–Kier alpha value is -2.01. The second kappa shape index (κ2) is 3.78. The molecule has 0 aliphatic carbocycles. The molecule has 0 bridgehead atoms. The lowest BCUT2D eigenvalue weighted by atomic mass is 10.3. The van der Waals surface area contributed by atoms with Gasteiger partial charge in [-0.05, 0) is 29.6 Å². The fraction of sp³-hybridized carbons (Fsp3) is 0.0833. The Morgan fingerprint density at radius 1 is 1.35 bits per heavy atom. The summed E-state index contributed by atoms with van der Waals surface area (Å²) in [5, 5.41) is 1.98. The fourth-order valence-electron chi connectivity index (χ4n) is 1.79. The number of benzene rings is 1. The van der Waals surface area contributed by atoms with Crippen LogP contribution >= 0.6 is 11.3 Å². The molecule has 5 heteroatoms. The molecule has 2 aromatic heterocycles. The van der Waals surface area contributed by atoms with Crippen molar-refractivity contribution in [3.05, 3.63) is 51.1 Å². The van der Waals surface area contributed by atoms with E-state index in [1.807, 2.05) is 17.5 Å². The maximum Gasteiger partial charge on any atom is 0.420 e. The van der Waals surface area contributed by atoms with Crippen molar-refractivity contribution in [2.45, 2.75) is 6.54 Å². The zero-order valence-corrected chi connectivity index (χ0v) is 9.74. The summed E-state index contributed by atoms with van der Waals surface area (Å²) in [6.45, 7) is 0.521. The molecule has 0 saturated carbocycles. The Kier molecular flexibility index (Phi) is 2.26. The largest absolute Gasteiger partial charge is 0.420 e. The van der Waals surface area contributed by atoms with Gasteiger partial charge in [0.2, 0.25) is 0 Å². The molecule has 0 aliphatic rings. The molecule has 2 N–H and O–H groups in total. The third-order valence-corrected chi connectivity index (χ3v) is 3.45. The average Bonchev–Trinajstić information content (AvgIpc) is 2.90. The minimum atomic E-state index is -0.348. The predicted octanol–water partition coefficient (Wildman–Crippen LogP) is 2.29. The first kappa shape index (κ1) is 10.2. The molecule has 0 radical (unpaired) electrons. The van der Waals surface area contributed by atoms with E-state index in [1.165, 1.54) is 0 Å². The van der Waals surface area contributed by atoms with Crippen LogP contribution in [0.15, 0.2) is 44.9 Å². The van der Waals surface area contributed by atoms with E-state index in [1.54, 1.807) is 34.1 Å². The van der Waals surface area contributed by atoms with Crippen molar-refractivity contribution in [3.8, 4) is 0 Å². The summed E-state index contributed by atoms with van der Waals surface area (Å²) in [5.74, 6) is -0.348. The number of hydrogen-bond donors (Lipinski definition) is 1. The normalized spacial score (nSPS) is 11.1. The van der Waals surface area contributed by atoms with E-state index >= 15 is 0 Å². The van der Waals surface area contributed by atoms with Gasteiger partial charge in [0.05, 0.1) is 12.1 Å². The van der Waals surface area contributed by atoms with Crippen molar-refractivity contribution in [3.63, 3.8) is 0 Å². The first-order chi connectivity index (χ1) is 8.24. The third-order valence-electron chi connectivity index (χ3n) is 2.59. The molecule has 86 valence electrons. The van der Waals surface area contributed by atoms with Crippen molar-refractivity contribution in [1.82, 2.24) is 4.57 Å². The molecule has 3 aromatic rings. The number of hydrogen-bond acceptors (Lipinski definition) is 4. The van der Waals surface area contributed by atoms with Gasteiger partial charge in [0.25, 0.3) is 0 Å². The minimum Gasteiger partial charge on any atom is -0.408 e. The van der Waals surface area contributed by atoms with Crippen LogP contribution in [-0.4, -0.2) is 4.57 Å². The van der Waals surface area contributed by atoms with Crippen LogP contribution in [0.25, 0.3) is 11.1 Å². The summed E-state index contributed by atoms with van der Waals surface area (Å²) in [4.78, 5) is 12.8. The zero-order chi connectivity index (χ0) is 11.8. The second-order valence-electron chi connectivity index (χ2n) is 3.76. The van der Waals surface area contributed by atoms with E-state index < -0.39 is 0 Å². The number of aromatic nitrogens is 1. The molecule has 0 fully saturated rings. The standard InChI is InChI=1S/C12H10N2O2S/c13-8-3-4-11-10(6-8)14(12(15)16-11)7-9-2-1-5-17-9/h1-6H,7,13H2. The highest BCUT2D eigenvalue weighted by atomic mass is 32.1.